The minimum absolute atomic E-state index is 0.302. The zero-order valence-electron chi connectivity index (χ0n) is 10.2. The van der Waals surface area contributed by atoms with Gasteiger partial charge in [-0.15, -0.1) is 0 Å². The summed E-state index contributed by atoms with van der Waals surface area (Å²) in [6.07, 6.45) is 1.71. The summed E-state index contributed by atoms with van der Waals surface area (Å²) >= 11 is 1.53. The first kappa shape index (κ1) is 13.4. The average molecular weight is 274 g/mol. The number of thioether (sulfide) groups is 1. The second-order valence-electron chi connectivity index (χ2n) is 3.86. The smallest absolute Gasteiger partial charge is 0.265 e. The number of pyridine rings is 1. The Bertz CT molecular complexity index is 588. The van der Waals surface area contributed by atoms with Gasteiger partial charge in [-0.05, 0) is 29.8 Å². The van der Waals surface area contributed by atoms with Crippen LogP contribution in [0, 0.1) is 0 Å². The Balaban J connectivity index is 2.08. The predicted octanol–water partition coefficient (Wildman–Crippen LogP) is 1.56. The molecule has 0 atom stereocenters. The van der Waals surface area contributed by atoms with E-state index in [1.807, 2.05) is 18.2 Å². The van der Waals surface area contributed by atoms with Crippen LogP contribution in [0.1, 0.15) is 15.9 Å². The number of nitrogens with zero attached hydrogens (tertiary/aromatic N) is 1. The number of anilines is 1. The van der Waals surface area contributed by atoms with Crippen molar-refractivity contribution >= 4 is 23.4 Å². The first-order valence-electron chi connectivity index (χ1n) is 5.64. The minimum atomic E-state index is -0.302. The summed E-state index contributed by atoms with van der Waals surface area (Å²) in [7, 11) is 0. The molecule has 0 unspecified atom stereocenters. The highest BCUT2D eigenvalue weighted by atomic mass is 32.2. The maximum atomic E-state index is 11.4. The second-order valence-corrected chi connectivity index (χ2v) is 4.82. The number of hydrogen-bond donors (Lipinski definition) is 3. The quantitative estimate of drug-likeness (QED) is 0.340. The lowest BCUT2D eigenvalue weighted by molar-refractivity contribution is 0.0953. The maximum Gasteiger partial charge on any atom is 0.265 e. The largest absolute Gasteiger partial charge is 0.397 e. The van der Waals surface area contributed by atoms with Crippen molar-refractivity contribution < 1.29 is 4.79 Å². The molecule has 1 aromatic carbocycles. The number of carbonyl (C=O) groups is 1. The number of nitrogens with one attached hydrogen (secondary N) is 1. The molecule has 6 heteroatoms. The molecular formula is C13H14N4OS. The number of nitrogens with two attached hydrogens (primary N) is 2. The van der Waals surface area contributed by atoms with E-state index in [9.17, 15) is 4.79 Å². The molecule has 2 aromatic rings. The number of nitrogen functional groups attached to an aromatic ring is 2. The Morgan fingerprint density at radius 1 is 1.32 bits per heavy atom. The number of benzene rings is 1. The third-order valence-corrected chi connectivity index (χ3v) is 3.59. The van der Waals surface area contributed by atoms with E-state index in [1.165, 1.54) is 11.8 Å². The molecule has 5 N–H and O–H groups in total. The van der Waals surface area contributed by atoms with Gasteiger partial charge in [0, 0.05) is 17.5 Å². The van der Waals surface area contributed by atoms with E-state index in [-0.39, 0.29) is 5.91 Å². The number of carbonyl (C=O) groups excluding carboxylic acids is 1. The van der Waals surface area contributed by atoms with Crippen molar-refractivity contribution in [3.63, 3.8) is 0 Å². The van der Waals surface area contributed by atoms with Crippen LogP contribution >= 0.6 is 11.8 Å². The van der Waals surface area contributed by atoms with Crippen molar-refractivity contribution in [2.24, 2.45) is 5.84 Å². The van der Waals surface area contributed by atoms with Crippen molar-refractivity contribution in [1.82, 2.24) is 10.4 Å². The number of hydrogen-bond acceptors (Lipinski definition) is 5. The molecule has 0 spiro atoms. The van der Waals surface area contributed by atoms with Gasteiger partial charge in [-0.3, -0.25) is 10.2 Å². The van der Waals surface area contributed by atoms with E-state index in [4.69, 9.17) is 11.6 Å². The Labute approximate surface area is 115 Å². The molecule has 5 nitrogen and oxygen atoms in total. The highest BCUT2D eigenvalue weighted by Gasteiger charge is 2.05. The number of amides is 1. The fraction of sp³-hybridized carbons (Fsp3) is 0.0769. The van der Waals surface area contributed by atoms with Gasteiger partial charge in [0.05, 0.1) is 5.69 Å². The summed E-state index contributed by atoms with van der Waals surface area (Å²) in [5.74, 6) is 5.49. The third-order valence-electron chi connectivity index (χ3n) is 2.50. The van der Waals surface area contributed by atoms with Crippen LogP contribution in [0.15, 0.2) is 47.6 Å². The summed E-state index contributed by atoms with van der Waals surface area (Å²) in [4.78, 5) is 15.6. The van der Waals surface area contributed by atoms with Gasteiger partial charge in [-0.25, -0.2) is 10.8 Å². The normalized spacial score (nSPS) is 10.2. The molecule has 1 aromatic heterocycles. The highest BCUT2D eigenvalue weighted by Crippen LogP contribution is 2.25. The fourth-order valence-corrected chi connectivity index (χ4v) is 2.41. The van der Waals surface area contributed by atoms with Crippen LogP contribution < -0.4 is 17.0 Å². The number of rotatable bonds is 4. The molecule has 0 saturated heterocycles. The minimum Gasteiger partial charge on any atom is -0.397 e. The van der Waals surface area contributed by atoms with E-state index in [1.54, 1.807) is 24.4 Å². The van der Waals surface area contributed by atoms with E-state index in [0.717, 1.165) is 10.6 Å². The summed E-state index contributed by atoms with van der Waals surface area (Å²) in [6, 6.07) is 10.9. The molecule has 0 radical (unpaired) electrons. The highest BCUT2D eigenvalue weighted by molar-refractivity contribution is 7.98. The van der Waals surface area contributed by atoms with Crippen molar-refractivity contribution in [1.29, 1.82) is 0 Å². The molecule has 1 amide bonds. The van der Waals surface area contributed by atoms with E-state index < -0.39 is 0 Å². The first-order valence-corrected chi connectivity index (χ1v) is 6.62. The van der Waals surface area contributed by atoms with E-state index in [0.29, 0.717) is 17.0 Å². The Morgan fingerprint density at radius 3 is 2.89 bits per heavy atom. The fourth-order valence-electron chi connectivity index (χ4n) is 1.56. The maximum absolute atomic E-state index is 11.4. The zero-order chi connectivity index (χ0) is 13.7. The zero-order valence-corrected chi connectivity index (χ0v) is 11.0. The van der Waals surface area contributed by atoms with Gasteiger partial charge in [0.15, 0.2) is 0 Å². The van der Waals surface area contributed by atoms with Crippen molar-refractivity contribution in [2.45, 2.75) is 10.8 Å². The van der Waals surface area contributed by atoms with Crippen LogP contribution in [-0.2, 0) is 5.75 Å². The van der Waals surface area contributed by atoms with Crippen molar-refractivity contribution in [2.75, 3.05) is 5.73 Å². The summed E-state index contributed by atoms with van der Waals surface area (Å²) in [5.41, 5.74) is 10.1. The lowest BCUT2D eigenvalue weighted by Gasteiger charge is -2.05. The SMILES string of the molecule is NNC(=O)c1cccc(CSc2ncccc2N)c1. The standard InChI is InChI=1S/C13H14N4OS/c14-11-5-2-6-16-13(11)19-8-9-3-1-4-10(7-9)12(18)17-15/h1-7H,8,14-15H2,(H,17,18). The van der Waals surface area contributed by atoms with Crippen LogP contribution in [0.3, 0.4) is 0 Å². The van der Waals surface area contributed by atoms with Gasteiger partial charge in [0.2, 0.25) is 0 Å². The lowest BCUT2D eigenvalue weighted by atomic mass is 10.1. The molecule has 19 heavy (non-hydrogen) atoms. The average Bonchev–Trinajstić information content (AvgIpc) is 2.46. The first-order chi connectivity index (χ1) is 9.20. The van der Waals surface area contributed by atoms with E-state index >= 15 is 0 Å². The molecular weight excluding hydrogens is 260 g/mol. The molecule has 0 aliphatic rings. The second kappa shape index (κ2) is 6.21. The number of aromatic nitrogens is 1. The van der Waals surface area contributed by atoms with Crippen molar-refractivity contribution in [3.05, 3.63) is 53.7 Å². The molecule has 0 fully saturated rings. The molecule has 98 valence electrons. The Kier molecular flexibility index (Phi) is 4.38. The van der Waals surface area contributed by atoms with Gasteiger partial charge < -0.3 is 5.73 Å². The van der Waals surface area contributed by atoms with Gasteiger partial charge >= 0.3 is 0 Å². The summed E-state index contributed by atoms with van der Waals surface area (Å²) < 4.78 is 0. The monoisotopic (exact) mass is 274 g/mol. The topological polar surface area (TPSA) is 94.0 Å². The van der Waals surface area contributed by atoms with Crippen LogP contribution in [0.2, 0.25) is 0 Å². The van der Waals surface area contributed by atoms with Crippen molar-refractivity contribution in [3.8, 4) is 0 Å². The number of hydrazine groups is 1. The van der Waals surface area contributed by atoms with Crippen LogP contribution in [0.25, 0.3) is 0 Å². The molecule has 0 aliphatic heterocycles. The molecule has 0 aliphatic carbocycles. The predicted molar refractivity (Wildman–Crippen MR) is 76.3 cm³/mol. The van der Waals surface area contributed by atoms with Gasteiger partial charge in [-0.1, -0.05) is 23.9 Å². The molecule has 2 rings (SSSR count). The lowest BCUT2D eigenvalue weighted by Crippen LogP contribution is -2.29. The Hall–Kier alpha value is -2.05. The van der Waals surface area contributed by atoms with E-state index in [2.05, 4.69) is 10.4 Å². The Morgan fingerprint density at radius 2 is 2.16 bits per heavy atom. The molecule has 1 heterocycles. The van der Waals surface area contributed by atoms with Gasteiger partial charge in [0.1, 0.15) is 5.03 Å². The third kappa shape index (κ3) is 3.46. The summed E-state index contributed by atoms with van der Waals surface area (Å²) in [6.45, 7) is 0. The van der Waals surface area contributed by atoms with Crippen LogP contribution in [0.5, 0.6) is 0 Å². The van der Waals surface area contributed by atoms with Crippen LogP contribution in [0.4, 0.5) is 5.69 Å². The molecule has 0 saturated carbocycles. The van der Waals surface area contributed by atoms with Gasteiger partial charge in [0.25, 0.3) is 5.91 Å². The van der Waals surface area contributed by atoms with Gasteiger partial charge in [-0.2, -0.15) is 0 Å². The molecule has 0 bridgehead atoms. The van der Waals surface area contributed by atoms with Crippen LogP contribution in [-0.4, -0.2) is 10.9 Å². The summed E-state index contributed by atoms with van der Waals surface area (Å²) in [5, 5.41) is 0.788.